The van der Waals surface area contributed by atoms with Crippen molar-refractivity contribution in [1.82, 2.24) is 14.5 Å². The molecule has 142 valence electrons. The molecule has 0 aliphatic heterocycles. The molecule has 3 aromatic heterocycles. The van der Waals surface area contributed by atoms with Gasteiger partial charge in [-0.3, -0.25) is 4.79 Å². The minimum Gasteiger partial charge on any atom is -0.326 e. The van der Waals surface area contributed by atoms with Crippen LogP contribution in [0.2, 0.25) is 5.02 Å². The number of amides is 1. The van der Waals surface area contributed by atoms with E-state index in [1.807, 2.05) is 28.1 Å². The molecule has 8 heteroatoms. The van der Waals surface area contributed by atoms with Gasteiger partial charge in [-0.1, -0.05) is 17.7 Å². The normalized spacial score (nSPS) is 11.1. The predicted octanol–water partition coefficient (Wildman–Crippen LogP) is 4.90. The fourth-order valence-corrected chi connectivity index (χ4v) is 3.82. The molecule has 0 radical (unpaired) electrons. The molecule has 4 rings (SSSR count). The van der Waals surface area contributed by atoms with Crippen molar-refractivity contribution in [2.75, 3.05) is 5.32 Å². The number of fused-ring (bicyclic) bond motifs is 1. The summed E-state index contributed by atoms with van der Waals surface area (Å²) in [5.41, 5.74) is 2.07. The highest BCUT2D eigenvalue weighted by atomic mass is 35.5. The number of nitrogens with one attached hydrogen (secondary N) is 1. The number of thiophene rings is 1. The Morgan fingerprint density at radius 3 is 2.93 bits per heavy atom. The topological polar surface area (TPSA) is 59.8 Å². The van der Waals surface area contributed by atoms with Crippen molar-refractivity contribution in [2.45, 2.75) is 19.4 Å². The summed E-state index contributed by atoms with van der Waals surface area (Å²) in [4.78, 5) is 22.6. The summed E-state index contributed by atoms with van der Waals surface area (Å²) in [7, 11) is 0. The minimum absolute atomic E-state index is 0.0263. The maximum absolute atomic E-state index is 13.2. The smallest absolute Gasteiger partial charge is 0.224 e. The average molecular weight is 415 g/mol. The number of carbonyl (C=O) groups is 1. The molecular weight excluding hydrogens is 399 g/mol. The maximum Gasteiger partial charge on any atom is 0.224 e. The zero-order valence-corrected chi connectivity index (χ0v) is 16.3. The molecule has 0 bridgehead atoms. The lowest BCUT2D eigenvalue weighted by Gasteiger charge is -2.08. The number of pyridine rings is 1. The molecule has 0 atom stereocenters. The summed E-state index contributed by atoms with van der Waals surface area (Å²) in [6.45, 7) is 0.662. The summed E-state index contributed by atoms with van der Waals surface area (Å²) >= 11 is 7.43. The van der Waals surface area contributed by atoms with Gasteiger partial charge >= 0.3 is 0 Å². The van der Waals surface area contributed by atoms with Gasteiger partial charge < -0.3 is 9.88 Å². The summed E-state index contributed by atoms with van der Waals surface area (Å²) in [6.07, 6.45) is 2.44. The number of nitrogens with zero attached hydrogens (tertiary/aromatic N) is 3. The van der Waals surface area contributed by atoms with Crippen LogP contribution in [0, 0.1) is 5.82 Å². The van der Waals surface area contributed by atoms with Crippen LogP contribution in [0.25, 0.3) is 11.2 Å². The van der Waals surface area contributed by atoms with E-state index in [0.717, 1.165) is 17.0 Å². The van der Waals surface area contributed by atoms with E-state index in [1.54, 1.807) is 17.5 Å². The number of carbonyl (C=O) groups excluding carboxylic acids is 1. The molecule has 1 aromatic carbocycles. The first-order valence-corrected chi connectivity index (χ1v) is 9.93. The fourth-order valence-electron chi connectivity index (χ4n) is 2.94. The average Bonchev–Trinajstić information content (AvgIpc) is 3.32. The van der Waals surface area contributed by atoms with E-state index in [1.165, 1.54) is 23.1 Å². The highest BCUT2D eigenvalue weighted by molar-refractivity contribution is 7.09. The molecular formula is C20H16ClFN4OS. The third-order valence-corrected chi connectivity index (χ3v) is 5.41. The van der Waals surface area contributed by atoms with E-state index >= 15 is 0 Å². The summed E-state index contributed by atoms with van der Waals surface area (Å²) in [6, 6.07) is 11.9. The number of benzene rings is 1. The predicted molar refractivity (Wildman–Crippen MR) is 109 cm³/mol. The Hall–Kier alpha value is -2.77. The number of aryl methyl sites for hydroxylation is 1. The molecule has 0 unspecified atom stereocenters. The molecule has 4 aromatic rings. The first-order chi connectivity index (χ1) is 13.6. The zero-order chi connectivity index (χ0) is 19.5. The van der Waals surface area contributed by atoms with Crippen LogP contribution in [0.3, 0.4) is 0 Å². The van der Waals surface area contributed by atoms with E-state index in [4.69, 9.17) is 11.6 Å². The monoisotopic (exact) mass is 414 g/mol. The van der Waals surface area contributed by atoms with Crippen LogP contribution < -0.4 is 5.32 Å². The van der Waals surface area contributed by atoms with Crippen LogP contribution in [-0.2, 0) is 17.8 Å². The van der Waals surface area contributed by atoms with Gasteiger partial charge in [-0.15, -0.1) is 11.3 Å². The van der Waals surface area contributed by atoms with Crippen molar-refractivity contribution in [3.8, 4) is 0 Å². The lowest BCUT2D eigenvalue weighted by Crippen LogP contribution is -2.14. The third-order valence-electron chi connectivity index (χ3n) is 4.26. The first-order valence-electron chi connectivity index (χ1n) is 8.67. The maximum atomic E-state index is 13.2. The van der Waals surface area contributed by atoms with Crippen LogP contribution in [0.1, 0.15) is 17.1 Å². The Morgan fingerprint density at radius 2 is 2.14 bits per heavy atom. The number of halogens is 2. The van der Waals surface area contributed by atoms with Crippen molar-refractivity contribution in [1.29, 1.82) is 0 Å². The Kier molecular flexibility index (Phi) is 5.36. The van der Waals surface area contributed by atoms with Gasteiger partial charge in [0.2, 0.25) is 5.91 Å². The standard InChI is InChI=1S/C20H16ClFN4OS/c21-15-11-13(5-6-16(15)22)24-19(27)8-7-18-25-17-4-1-9-23-20(17)26(18)12-14-3-2-10-28-14/h1-6,9-11H,7-8,12H2,(H,24,27). The van der Waals surface area contributed by atoms with Gasteiger partial charge in [-0.25, -0.2) is 14.4 Å². The van der Waals surface area contributed by atoms with Crippen molar-refractivity contribution in [3.05, 3.63) is 75.6 Å². The second-order valence-corrected chi connectivity index (χ2v) is 7.66. The second-order valence-electron chi connectivity index (χ2n) is 6.22. The molecule has 1 amide bonds. The van der Waals surface area contributed by atoms with Crippen molar-refractivity contribution < 1.29 is 9.18 Å². The summed E-state index contributed by atoms with van der Waals surface area (Å²) in [5.74, 6) is 0.0919. The second kappa shape index (κ2) is 8.08. The van der Waals surface area contributed by atoms with Crippen LogP contribution in [-0.4, -0.2) is 20.4 Å². The van der Waals surface area contributed by atoms with Crippen molar-refractivity contribution in [2.24, 2.45) is 0 Å². The van der Waals surface area contributed by atoms with E-state index < -0.39 is 5.82 Å². The minimum atomic E-state index is -0.519. The fraction of sp³-hybridized carbons (Fsp3) is 0.150. The number of hydrogen-bond donors (Lipinski definition) is 1. The van der Waals surface area contributed by atoms with Gasteiger partial charge in [-0.05, 0) is 41.8 Å². The lowest BCUT2D eigenvalue weighted by molar-refractivity contribution is -0.116. The highest BCUT2D eigenvalue weighted by Gasteiger charge is 2.14. The Labute approximate surface area is 169 Å². The molecule has 0 fully saturated rings. The zero-order valence-electron chi connectivity index (χ0n) is 14.7. The van der Waals surface area contributed by atoms with Gasteiger partial charge in [0.05, 0.1) is 11.6 Å². The summed E-state index contributed by atoms with van der Waals surface area (Å²) in [5, 5.41) is 4.74. The Balaban J connectivity index is 1.50. The molecule has 1 N–H and O–H groups in total. The molecule has 3 heterocycles. The first kappa shape index (κ1) is 18.6. The number of rotatable bonds is 6. The van der Waals surface area contributed by atoms with Crippen LogP contribution in [0.15, 0.2) is 54.0 Å². The van der Waals surface area contributed by atoms with Gasteiger partial charge in [0, 0.05) is 29.6 Å². The molecule has 5 nitrogen and oxygen atoms in total. The number of aromatic nitrogens is 3. The molecule has 0 spiro atoms. The molecule has 0 saturated heterocycles. The number of hydrogen-bond acceptors (Lipinski definition) is 4. The van der Waals surface area contributed by atoms with Crippen molar-refractivity contribution >= 4 is 45.7 Å². The number of anilines is 1. The summed E-state index contributed by atoms with van der Waals surface area (Å²) < 4.78 is 15.3. The van der Waals surface area contributed by atoms with Gasteiger partial charge in [0.25, 0.3) is 0 Å². The van der Waals surface area contributed by atoms with E-state index in [-0.39, 0.29) is 17.4 Å². The van der Waals surface area contributed by atoms with Crippen molar-refractivity contribution in [3.63, 3.8) is 0 Å². The Morgan fingerprint density at radius 1 is 1.25 bits per heavy atom. The largest absolute Gasteiger partial charge is 0.326 e. The van der Waals surface area contributed by atoms with Gasteiger partial charge in [0.1, 0.15) is 17.2 Å². The molecule has 0 aliphatic carbocycles. The molecule has 28 heavy (non-hydrogen) atoms. The van der Waals surface area contributed by atoms with Crippen LogP contribution in [0.5, 0.6) is 0 Å². The molecule has 0 aliphatic rings. The van der Waals surface area contributed by atoms with E-state index in [0.29, 0.717) is 18.7 Å². The van der Waals surface area contributed by atoms with Gasteiger partial charge in [0.15, 0.2) is 5.65 Å². The van der Waals surface area contributed by atoms with E-state index in [9.17, 15) is 9.18 Å². The van der Waals surface area contributed by atoms with Crippen LogP contribution >= 0.6 is 22.9 Å². The number of imidazole rings is 1. The van der Waals surface area contributed by atoms with Gasteiger partial charge in [-0.2, -0.15) is 0 Å². The third kappa shape index (κ3) is 4.05. The van der Waals surface area contributed by atoms with Crippen LogP contribution in [0.4, 0.5) is 10.1 Å². The van der Waals surface area contributed by atoms with E-state index in [2.05, 4.69) is 21.4 Å². The quantitative estimate of drug-likeness (QED) is 0.488. The lowest BCUT2D eigenvalue weighted by atomic mass is 10.2. The SMILES string of the molecule is O=C(CCc1nc2cccnc2n1Cc1cccs1)Nc1ccc(F)c(Cl)c1. The highest BCUT2D eigenvalue weighted by Crippen LogP contribution is 2.21. The Bertz CT molecular complexity index is 1130. The molecule has 0 saturated carbocycles.